The number of carboxylic acid groups (broad SMARTS) is 1. The van der Waals surface area contributed by atoms with Gasteiger partial charge in [-0.3, -0.25) is 10.1 Å². The molecule has 0 saturated heterocycles. The predicted octanol–water partition coefficient (Wildman–Crippen LogP) is 2.82. The molecule has 0 bridgehead atoms. The number of carbonyl (C=O) groups excluding carboxylic acids is 1. The van der Waals surface area contributed by atoms with Crippen molar-refractivity contribution in [3.63, 3.8) is 0 Å². The molecule has 0 saturated carbocycles. The summed E-state index contributed by atoms with van der Waals surface area (Å²) in [6.45, 7) is 7.94. The van der Waals surface area contributed by atoms with Gasteiger partial charge in [0.2, 0.25) is 0 Å². The topological polar surface area (TPSA) is 91.3 Å². The van der Waals surface area contributed by atoms with Gasteiger partial charge in [0, 0.05) is 23.3 Å². The molecule has 0 fully saturated rings. The van der Waals surface area contributed by atoms with Crippen molar-refractivity contribution >= 4 is 28.5 Å². The highest BCUT2D eigenvalue weighted by Gasteiger charge is 2.18. The molecule has 20 heavy (non-hydrogen) atoms. The van der Waals surface area contributed by atoms with Crippen molar-refractivity contribution in [1.82, 2.24) is 10.3 Å². The van der Waals surface area contributed by atoms with Crippen molar-refractivity contribution in [3.05, 3.63) is 11.1 Å². The molecule has 0 aliphatic heterocycles. The van der Waals surface area contributed by atoms with Crippen molar-refractivity contribution in [2.24, 2.45) is 0 Å². The molecule has 3 N–H and O–H groups in total. The average Bonchev–Trinajstić information content (AvgIpc) is 2.74. The minimum atomic E-state index is -0.867. The fourth-order valence-corrected chi connectivity index (χ4v) is 2.38. The number of amides is 2. The summed E-state index contributed by atoms with van der Waals surface area (Å²) in [5.41, 5.74) is 0.874. The van der Waals surface area contributed by atoms with Gasteiger partial charge in [-0.1, -0.05) is 20.8 Å². The van der Waals surface area contributed by atoms with E-state index < -0.39 is 5.97 Å². The van der Waals surface area contributed by atoms with Crippen molar-refractivity contribution in [1.29, 1.82) is 0 Å². The Hall–Kier alpha value is -1.63. The maximum Gasteiger partial charge on any atom is 0.321 e. The van der Waals surface area contributed by atoms with Gasteiger partial charge in [0.25, 0.3) is 0 Å². The Morgan fingerprint density at radius 2 is 2.10 bits per heavy atom. The molecule has 1 rings (SSSR count). The van der Waals surface area contributed by atoms with E-state index in [2.05, 4.69) is 36.4 Å². The van der Waals surface area contributed by atoms with Gasteiger partial charge in [0.1, 0.15) is 0 Å². The van der Waals surface area contributed by atoms with Gasteiger partial charge in [-0.15, -0.1) is 11.3 Å². The fraction of sp³-hybridized carbons (Fsp3) is 0.615. The molecule has 0 aromatic carbocycles. The zero-order valence-corrected chi connectivity index (χ0v) is 13.0. The second kappa shape index (κ2) is 6.69. The van der Waals surface area contributed by atoms with E-state index >= 15 is 0 Å². The minimum absolute atomic E-state index is 0.0346. The number of hydrogen-bond donors (Lipinski definition) is 3. The van der Waals surface area contributed by atoms with E-state index in [9.17, 15) is 9.59 Å². The number of anilines is 1. The van der Waals surface area contributed by atoms with Crippen LogP contribution < -0.4 is 10.6 Å². The van der Waals surface area contributed by atoms with Crippen LogP contribution in [0.3, 0.4) is 0 Å². The third-order valence-corrected chi connectivity index (χ3v) is 3.42. The van der Waals surface area contributed by atoms with Crippen LogP contribution >= 0.6 is 11.3 Å². The molecule has 0 aliphatic carbocycles. The van der Waals surface area contributed by atoms with Crippen LogP contribution in [0.25, 0.3) is 0 Å². The highest BCUT2D eigenvalue weighted by Crippen LogP contribution is 2.26. The summed E-state index contributed by atoms with van der Waals surface area (Å²) < 4.78 is 0. The average molecular weight is 299 g/mol. The van der Waals surface area contributed by atoms with Gasteiger partial charge in [0.15, 0.2) is 5.13 Å². The molecule has 2 amide bonds. The SMILES string of the molecule is CC(CCC(=O)O)NC(=O)Nc1nc(C(C)(C)C)cs1. The summed E-state index contributed by atoms with van der Waals surface area (Å²) in [6.07, 6.45) is 0.431. The number of aliphatic carboxylic acids is 1. The van der Waals surface area contributed by atoms with Crippen LogP contribution in [0.4, 0.5) is 9.93 Å². The number of thiazole rings is 1. The van der Waals surface area contributed by atoms with Gasteiger partial charge in [-0.25, -0.2) is 9.78 Å². The molecule has 1 unspecified atom stereocenters. The van der Waals surface area contributed by atoms with Gasteiger partial charge in [-0.05, 0) is 13.3 Å². The van der Waals surface area contributed by atoms with Crippen LogP contribution in [0.1, 0.15) is 46.2 Å². The van der Waals surface area contributed by atoms with E-state index in [-0.39, 0.29) is 23.9 Å². The predicted molar refractivity (Wildman–Crippen MR) is 79.3 cm³/mol. The summed E-state index contributed by atoms with van der Waals surface area (Å²) in [7, 11) is 0. The molecule has 7 heteroatoms. The van der Waals surface area contributed by atoms with E-state index in [1.54, 1.807) is 6.92 Å². The molecule has 112 valence electrons. The van der Waals surface area contributed by atoms with Crippen LogP contribution in [0.15, 0.2) is 5.38 Å². The first-order valence-electron chi connectivity index (χ1n) is 6.44. The van der Waals surface area contributed by atoms with Gasteiger partial charge in [0.05, 0.1) is 5.69 Å². The number of aromatic nitrogens is 1. The zero-order chi connectivity index (χ0) is 15.3. The second-order valence-electron chi connectivity index (χ2n) is 5.72. The summed E-state index contributed by atoms with van der Waals surface area (Å²) in [6, 6.07) is -0.564. The third kappa shape index (κ3) is 5.56. The summed E-state index contributed by atoms with van der Waals surface area (Å²) >= 11 is 1.37. The third-order valence-electron chi connectivity index (χ3n) is 2.66. The number of hydrogen-bond acceptors (Lipinski definition) is 4. The van der Waals surface area contributed by atoms with Crippen molar-refractivity contribution < 1.29 is 14.7 Å². The van der Waals surface area contributed by atoms with E-state index in [1.807, 2.05) is 5.38 Å². The Kier molecular flexibility index (Phi) is 5.50. The number of rotatable bonds is 5. The molecule has 1 aromatic rings. The van der Waals surface area contributed by atoms with Gasteiger partial charge in [-0.2, -0.15) is 0 Å². The van der Waals surface area contributed by atoms with Crippen LogP contribution in [-0.4, -0.2) is 28.1 Å². The molecule has 1 heterocycles. The molecule has 6 nitrogen and oxygen atoms in total. The van der Waals surface area contributed by atoms with E-state index in [0.29, 0.717) is 11.6 Å². The summed E-state index contributed by atoms with van der Waals surface area (Å²) in [5.74, 6) is -0.867. The van der Waals surface area contributed by atoms with Crippen LogP contribution in [-0.2, 0) is 10.2 Å². The summed E-state index contributed by atoms with van der Waals surface area (Å²) in [4.78, 5) is 26.5. The number of carbonyl (C=O) groups is 2. The maximum atomic E-state index is 11.7. The normalized spacial score (nSPS) is 12.8. The molecular formula is C13H21N3O3S. The highest BCUT2D eigenvalue weighted by molar-refractivity contribution is 7.13. The van der Waals surface area contributed by atoms with E-state index in [0.717, 1.165) is 5.69 Å². The molecule has 1 atom stereocenters. The molecule has 0 radical (unpaired) electrons. The summed E-state index contributed by atoms with van der Waals surface area (Å²) in [5, 5.41) is 16.4. The zero-order valence-electron chi connectivity index (χ0n) is 12.2. The second-order valence-corrected chi connectivity index (χ2v) is 6.58. The first-order chi connectivity index (χ1) is 9.18. The Morgan fingerprint density at radius 3 is 2.60 bits per heavy atom. The Balaban J connectivity index is 2.46. The first-order valence-corrected chi connectivity index (χ1v) is 7.32. The minimum Gasteiger partial charge on any atom is -0.481 e. The monoisotopic (exact) mass is 299 g/mol. The molecule has 0 spiro atoms. The van der Waals surface area contributed by atoms with Gasteiger partial charge < -0.3 is 10.4 Å². The van der Waals surface area contributed by atoms with Gasteiger partial charge >= 0.3 is 12.0 Å². The van der Waals surface area contributed by atoms with Crippen LogP contribution in [0.2, 0.25) is 0 Å². The number of nitrogens with zero attached hydrogens (tertiary/aromatic N) is 1. The van der Waals surface area contributed by atoms with Crippen molar-refractivity contribution in [2.45, 2.75) is 52.0 Å². The lowest BCUT2D eigenvalue weighted by atomic mass is 9.93. The smallest absolute Gasteiger partial charge is 0.321 e. The Labute approximate surface area is 122 Å². The van der Waals surface area contributed by atoms with Crippen LogP contribution in [0, 0.1) is 0 Å². The Bertz CT molecular complexity index is 479. The maximum absolute atomic E-state index is 11.7. The van der Waals surface area contributed by atoms with E-state index in [4.69, 9.17) is 5.11 Å². The number of carboxylic acids is 1. The van der Waals surface area contributed by atoms with Crippen LogP contribution in [0.5, 0.6) is 0 Å². The van der Waals surface area contributed by atoms with Crippen molar-refractivity contribution in [3.8, 4) is 0 Å². The lowest BCUT2D eigenvalue weighted by Gasteiger charge is -2.14. The lowest BCUT2D eigenvalue weighted by Crippen LogP contribution is -2.36. The molecule has 0 aliphatic rings. The quantitative estimate of drug-likeness (QED) is 0.779. The fourth-order valence-electron chi connectivity index (χ4n) is 1.44. The number of urea groups is 1. The highest BCUT2D eigenvalue weighted by atomic mass is 32.1. The molecule has 1 aromatic heterocycles. The molecular weight excluding hydrogens is 278 g/mol. The number of nitrogens with one attached hydrogen (secondary N) is 2. The largest absolute Gasteiger partial charge is 0.481 e. The standard InChI is InChI=1S/C13H21N3O3S/c1-8(5-6-10(17)18)14-11(19)16-12-15-9(7-20-12)13(2,3)4/h7-8H,5-6H2,1-4H3,(H,17,18)(H2,14,15,16,19). The van der Waals surface area contributed by atoms with Crippen molar-refractivity contribution in [2.75, 3.05) is 5.32 Å². The van der Waals surface area contributed by atoms with E-state index in [1.165, 1.54) is 11.3 Å². The Morgan fingerprint density at radius 1 is 1.45 bits per heavy atom. The first kappa shape index (κ1) is 16.4. The lowest BCUT2D eigenvalue weighted by molar-refractivity contribution is -0.137.